The van der Waals surface area contributed by atoms with Gasteiger partial charge in [-0.1, -0.05) is 18.2 Å². The second-order valence-electron chi connectivity index (χ2n) is 7.59. The highest BCUT2D eigenvalue weighted by atomic mass is 32.2. The first kappa shape index (κ1) is 17.0. The molecule has 134 valence electrons. The van der Waals surface area contributed by atoms with Crippen molar-refractivity contribution in [2.75, 3.05) is 19.6 Å². The average Bonchev–Trinajstić information content (AvgIpc) is 3.39. The predicted molar refractivity (Wildman–Crippen MR) is 99.5 cm³/mol. The second-order valence-corrected chi connectivity index (χ2v) is 8.93. The number of hydrogen-bond donors (Lipinski definition) is 0. The van der Waals surface area contributed by atoms with Crippen molar-refractivity contribution in [1.82, 2.24) is 9.80 Å². The lowest BCUT2D eigenvalue weighted by atomic mass is 10.0. The van der Waals surface area contributed by atoms with Gasteiger partial charge in [0.05, 0.1) is 5.92 Å². The summed E-state index contributed by atoms with van der Waals surface area (Å²) < 4.78 is 0. The van der Waals surface area contributed by atoms with E-state index in [1.807, 2.05) is 21.6 Å². The molecule has 4 nitrogen and oxygen atoms in total. The van der Waals surface area contributed by atoms with E-state index in [1.165, 1.54) is 10.5 Å². The summed E-state index contributed by atoms with van der Waals surface area (Å²) >= 11 is 1.95. The minimum Gasteiger partial charge on any atom is -0.342 e. The molecule has 0 aromatic heterocycles. The first-order valence-corrected chi connectivity index (χ1v) is 10.3. The van der Waals surface area contributed by atoms with Gasteiger partial charge in [-0.3, -0.25) is 9.59 Å². The van der Waals surface area contributed by atoms with E-state index in [0.29, 0.717) is 24.3 Å². The normalized spacial score (nSPS) is 24.8. The lowest BCUT2D eigenvalue weighted by molar-refractivity contribution is -0.136. The van der Waals surface area contributed by atoms with E-state index < -0.39 is 0 Å². The van der Waals surface area contributed by atoms with Crippen LogP contribution in [0, 0.1) is 12.8 Å². The van der Waals surface area contributed by atoms with Crippen LogP contribution in [0.4, 0.5) is 0 Å². The van der Waals surface area contributed by atoms with Crippen LogP contribution in [0.25, 0.3) is 0 Å². The van der Waals surface area contributed by atoms with Gasteiger partial charge >= 0.3 is 0 Å². The van der Waals surface area contributed by atoms with Crippen LogP contribution >= 0.6 is 11.8 Å². The van der Waals surface area contributed by atoms with Crippen LogP contribution in [0.15, 0.2) is 29.2 Å². The molecule has 1 atom stereocenters. The van der Waals surface area contributed by atoms with E-state index in [1.54, 1.807) is 0 Å². The van der Waals surface area contributed by atoms with Crippen molar-refractivity contribution in [3.63, 3.8) is 0 Å². The fourth-order valence-electron chi connectivity index (χ4n) is 3.96. The van der Waals surface area contributed by atoms with E-state index in [4.69, 9.17) is 0 Å². The topological polar surface area (TPSA) is 40.6 Å². The Kier molecular flexibility index (Phi) is 4.76. The lowest BCUT2D eigenvalue weighted by Crippen LogP contribution is -2.43. The number of carbonyl (C=O) groups excluding carboxylic acids is 2. The number of hydrogen-bond acceptors (Lipinski definition) is 3. The monoisotopic (exact) mass is 358 g/mol. The Balaban J connectivity index is 1.29. The van der Waals surface area contributed by atoms with Gasteiger partial charge in [0.15, 0.2) is 0 Å². The van der Waals surface area contributed by atoms with Crippen LogP contribution < -0.4 is 0 Å². The zero-order valence-corrected chi connectivity index (χ0v) is 15.6. The average molecular weight is 359 g/mol. The molecule has 1 aromatic carbocycles. The molecule has 1 aliphatic carbocycles. The van der Waals surface area contributed by atoms with Gasteiger partial charge in [-0.2, -0.15) is 0 Å². The van der Waals surface area contributed by atoms with E-state index in [-0.39, 0.29) is 17.7 Å². The smallest absolute Gasteiger partial charge is 0.227 e. The summed E-state index contributed by atoms with van der Waals surface area (Å²) in [6.07, 6.45) is 4.74. The van der Waals surface area contributed by atoms with Crippen molar-refractivity contribution in [3.8, 4) is 0 Å². The molecule has 0 N–H and O–H groups in total. The van der Waals surface area contributed by atoms with Crippen LogP contribution in [0.1, 0.15) is 37.7 Å². The maximum absolute atomic E-state index is 12.8. The summed E-state index contributed by atoms with van der Waals surface area (Å²) in [6.45, 7) is 4.47. The van der Waals surface area contributed by atoms with Gasteiger partial charge in [-0.05, 0) is 44.2 Å². The number of piperidine rings is 1. The van der Waals surface area contributed by atoms with Crippen molar-refractivity contribution in [2.24, 2.45) is 5.92 Å². The molecule has 25 heavy (non-hydrogen) atoms. The van der Waals surface area contributed by atoms with E-state index in [2.05, 4.69) is 31.2 Å². The molecule has 2 amide bonds. The Morgan fingerprint density at radius 2 is 1.84 bits per heavy atom. The van der Waals surface area contributed by atoms with E-state index in [9.17, 15) is 9.59 Å². The van der Waals surface area contributed by atoms with Gasteiger partial charge < -0.3 is 9.80 Å². The first-order valence-electron chi connectivity index (χ1n) is 9.42. The van der Waals surface area contributed by atoms with Crippen molar-refractivity contribution in [3.05, 3.63) is 29.8 Å². The van der Waals surface area contributed by atoms with Gasteiger partial charge in [0, 0.05) is 42.2 Å². The minimum atomic E-state index is -0.103. The summed E-state index contributed by atoms with van der Waals surface area (Å²) in [5, 5.41) is 0.582. The largest absolute Gasteiger partial charge is 0.342 e. The van der Waals surface area contributed by atoms with Crippen molar-refractivity contribution in [1.29, 1.82) is 0 Å². The molecular weight excluding hydrogens is 332 g/mol. The second kappa shape index (κ2) is 7.02. The van der Waals surface area contributed by atoms with Crippen LogP contribution in [-0.4, -0.2) is 52.5 Å². The zero-order chi connectivity index (χ0) is 17.4. The number of nitrogens with zero attached hydrogens (tertiary/aromatic N) is 2. The zero-order valence-electron chi connectivity index (χ0n) is 14.8. The summed E-state index contributed by atoms with van der Waals surface area (Å²) in [5.41, 5.74) is 1.33. The molecule has 1 saturated carbocycles. The molecular formula is C20H26N2O2S. The molecule has 3 aliphatic rings. The van der Waals surface area contributed by atoms with Gasteiger partial charge in [0.2, 0.25) is 11.8 Å². The molecule has 4 rings (SSSR count). The summed E-state index contributed by atoms with van der Waals surface area (Å²) in [5.74, 6) is 0.287. The minimum absolute atomic E-state index is 0.103. The lowest BCUT2D eigenvalue weighted by Gasteiger charge is -2.33. The fourth-order valence-corrected chi connectivity index (χ4v) is 5.17. The van der Waals surface area contributed by atoms with Crippen LogP contribution in [0.5, 0.6) is 0 Å². The third kappa shape index (κ3) is 3.71. The maximum atomic E-state index is 12.8. The Bertz CT molecular complexity index is 665. The molecule has 2 aliphatic heterocycles. The number of likely N-dealkylation sites (tertiary alicyclic amines) is 2. The highest BCUT2D eigenvalue weighted by molar-refractivity contribution is 8.00. The fraction of sp³-hybridized carbons (Fsp3) is 0.600. The SMILES string of the molecule is Cc1ccccc1SC1CCN(C(=O)[C@@H]2CC(=O)N(C3CC3)C2)CC1. The summed E-state index contributed by atoms with van der Waals surface area (Å²) in [4.78, 5) is 30.2. The molecule has 0 spiro atoms. The number of carbonyl (C=O) groups is 2. The molecule has 2 saturated heterocycles. The van der Waals surface area contributed by atoms with E-state index >= 15 is 0 Å². The number of aryl methyl sites for hydroxylation is 1. The molecule has 1 aromatic rings. The van der Waals surface area contributed by atoms with Crippen molar-refractivity contribution >= 4 is 23.6 Å². The number of amides is 2. The maximum Gasteiger partial charge on any atom is 0.227 e. The molecule has 5 heteroatoms. The Morgan fingerprint density at radius 1 is 1.12 bits per heavy atom. The van der Waals surface area contributed by atoms with Crippen LogP contribution in [0.3, 0.4) is 0 Å². The van der Waals surface area contributed by atoms with Gasteiger partial charge in [-0.25, -0.2) is 0 Å². The van der Waals surface area contributed by atoms with Crippen molar-refractivity contribution < 1.29 is 9.59 Å². The third-order valence-electron chi connectivity index (χ3n) is 5.64. The Morgan fingerprint density at radius 3 is 2.52 bits per heavy atom. The molecule has 0 unspecified atom stereocenters. The number of benzene rings is 1. The Hall–Kier alpha value is -1.49. The van der Waals surface area contributed by atoms with Gasteiger partial charge in [0.1, 0.15) is 0 Å². The summed E-state index contributed by atoms with van der Waals surface area (Å²) in [6, 6.07) is 8.95. The Labute approximate surface area is 153 Å². The highest BCUT2D eigenvalue weighted by Gasteiger charge is 2.43. The number of rotatable bonds is 4. The molecule has 0 radical (unpaired) electrons. The first-order chi connectivity index (χ1) is 12.1. The van der Waals surface area contributed by atoms with Gasteiger partial charge in [-0.15, -0.1) is 11.8 Å². The highest BCUT2D eigenvalue weighted by Crippen LogP contribution is 2.35. The molecule has 2 heterocycles. The van der Waals surface area contributed by atoms with Gasteiger partial charge in [0.25, 0.3) is 0 Å². The van der Waals surface area contributed by atoms with Crippen LogP contribution in [0.2, 0.25) is 0 Å². The third-order valence-corrected chi connectivity index (χ3v) is 7.15. The standard InChI is InChI=1S/C20H26N2O2S/c1-14-4-2-3-5-18(14)25-17-8-10-21(11-9-17)20(24)15-12-19(23)22(13-15)16-6-7-16/h2-5,15-17H,6-13H2,1H3/t15-/m1/s1. The predicted octanol–water partition coefficient (Wildman–Crippen LogP) is 3.09. The van der Waals surface area contributed by atoms with E-state index in [0.717, 1.165) is 38.8 Å². The molecule has 3 fully saturated rings. The number of thioether (sulfide) groups is 1. The quantitative estimate of drug-likeness (QED) is 0.830. The molecule has 0 bridgehead atoms. The summed E-state index contributed by atoms with van der Waals surface area (Å²) in [7, 11) is 0. The van der Waals surface area contributed by atoms with Crippen molar-refractivity contribution in [2.45, 2.75) is 55.2 Å². The van der Waals surface area contributed by atoms with Crippen LogP contribution in [-0.2, 0) is 9.59 Å².